The van der Waals surface area contributed by atoms with Crippen LogP contribution in [0.1, 0.15) is 26.5 Å². The molecule has 3 aromatic rings. The molecular formula is C20H18N2O3. The monoisotopic (exact) mass is 334 g/mol. The fourth-order valence-corrected chi connectivity index (χ4v) is 2.44. The lowest BCUT2D eigenvalue weighted by Gasteiger charge is -2.21. The smallest absolute Gasteiger partial charge is 0.288 e. The molecule has 0 radical (unpaired) electrons. The van der Waals surface area contributed by atoms with E-state index in [0.717, 1.165) is 11.3 Å². The largest absolute Gasteiger partial charge is 0.459 e. The number of ketones is 1. The molecule has 0 aliphatic carbocycles. The minimum absolute atomic E-state index is 0.150. The number of carbonyl (C=O) groups is 2. The molecule has 0 bridgehead atoms. The number of hydrogen-bond acceptors (Lipinski definition) is 4. The zero-order valence-electron chi connectivity index (χ0n) is 13.7. The van der Waals surface area contributed by atoms with Crippen LogP contribution in [0.4, 0.5) is 5.69 Å². The number of anilines is 1. The molecule has 1 aromatic heterocycles. The summed E-state index contributed by atoms with van der Waals surface area (Å²) in [6.45, 7) is 1.93. The number of benzene rings is 2. The van der Waals surface area contributed by atoms with Gasteiger partial charge in [0.05, 0.1) is 6.26 Å². The zero-order chi connectivity index (χ0) is 17.6. The Morgan fingerprint density at radius 2 is 1.64 bits per heavy atom. The van der Waals surface area contributed by atoms with Crippen molar-refractivity contribution in [3.8, 4) is 0 Å². The highest BCUT2D eigenvalue weighted by Gasteiger charge is 2.24. The molecule has 0 aliphatic rings. The number of nitrogens with one attached hydrogen (secondary N) is 2. The van der Waals surface area contributed by atoms with Gasteiger partial charge in [-0.1, -0.05) is 48.5 Å². The van der Waals surface area contributed by atoms with Crippen LogP contribution in [0.2, 0.25) is 0 Å². The van der Waals surface area contributed by atoms with Gasteiger partial charge in [0, 0.05) is 11.3 Å². The number of hydrogen-bond donors (Lipinski definition) is 2. The van der Waals surface area contributed by atoms with Crippen LogP contribution in [0.5, 0.6) is 0 Å². The first-order valence-electron chi connectivity index (χ1n) is 7.91. The Bertz CT molecular complexity index is 858. The molecule has 0 fully saturated rings. The summed E-state index contributed by atoms with van der Waals surface area (Å²) in [5.74, 6) is -0.540. The minimum atomic E-state index is -0.916. The molecule has 0 spiro atoms. The third kappa shape index (κ3) is 3.95. The van der Waals surface area contributed by atoms with E-state index in [1.165, 1.54) is 6.26 Å². The number of amides is 1. The average molecular weight is 334 g/mol. The van der Waals surface area contributed by atoms with Crippen molar-refractivity contribution in [1.82, 2.24) is 5.32 Å². The number of rotatable bonds is 6. The first-order chi connectivity index (χ1) is 12.1. The highest BCUT2D eigenvalue weighted by Crippen LogP contribution is 2.16. The molecule has 0 saturated carbocycles. The van der Waals surface area contributed by atoms with E-state index in [9.17, 15) is 9.59 Å². The lowest BCUT2D eigenvalue weighted by molar-refractivity contribution is 0.0852. The van der Waals surface area contributed by atoms with Crippen LogP contribution in [0.3, 0.4) is 0 Å². The highest BCUT2D eigenvalue weighted by molar-refractivity contribution is 6.04. The number of Topliss-reactive ketones (excluding diaryl/α,β-unsaturated/α-hetero) is 1. The summed E-state index contributed by atoms with van der Waals surface area (Å²) >= 11 is 0. The van der Waals surface area contributed by atoms with Crippen molar-refractivity contribution in [2.24, 2.45) is 0 Å². The Morgan fingerprint density at radius 3 is 2.32 bits per heavy atom. The molecule has 126 valence electrons. The van der Waals surface area contributed by atoms with Crippen molar-refractivity contribution < 1.29 is 14.0 Å². The minimum Gasteiger partial charge on any atom is -0.459 e. The molecule has 1 unspecified atom stereocenters. The van der Waals surface area contributed by atoms with Crippen molar-refractivity contribution in [2.45, 2.75) is 13.1 Å². The number of furan rings is 1. The topological polar surface area (TPSA) is 71.3 Å². The molecular weight excluding hydrogens is 316 g/mol. The quantitative estimate of drug-likeness (QED) is 0.533. The van der Waals surface area contributed by atoms with Gasteiger partial charge in [-0.3, -0.25) is 9.59 Å². The zero-order valence-corrected chi connectivity index (χ0v) is 13.7. The summed E-state index contributed by atoms with van der Waals surface area (Å²) in [6, 6.07) is 19.6. The maximum absolute atomic E-state index is 12.9. The molecule has 0 aliphatic heterocycles. The van der Waals surface area contributed by atoms with Crippen molar-refractivity contribution in [3.05, 3.63) is 89.9 Å². The fourth-order valence-electron chi connectivity index (χ4n) is 2.44. The van der Waals surface area contributed by atoms with Gasteiger partial charge in [-0.2, -0.15) is 0 Å². The van der Waals surface area contributed by atoms with E-state index < -0.39 is 12.1 Å². The van der Waals surface area contributed by atoms with Crippen LogP contribution in [0.25, 0.3) is 0 Å². The second-order valence-electron chi connectivity index (χ2n) is 5.57. The van der Waals surface area contributed by atoms with Gasteiger partial charge in [0.15, 0.2) is 11.9 Å². The highest BCUT2D eigenvalue weighted by atomic mass is 16.3. The van der Waals surface area contributed by atoms with Crippen LogP contribution in [0.15, 0.2) is 77.4 Å². The summed E-state index contributed by atoms with van der Waals surface area (Å²) in [5, 5.41) is 5.82. The average Bonchev–Trinajstić information content (AvgIpc) is 3.18. The van der Waals surface area contributed by atoms with Crippen LogP contribution in [-0.2, 0) is 0 Å². The summed E-state index contributed by atoms with van der Waals surface area (Å²) in [4.78, 5) is 25.2. The molecule has 2 N–H and O–H groups in total. The predicted octanol–water partition coefficient (Wildman–Crippen LogP) is 3.64. The van der Waals surface area contributed by atoms with Crippen LogP contribution in [0, 0.1) is 6.92 Å². The summed E-state index contributed by atoms with van der Waals surface area (Å²) in [5.41, 5.74) is 2.26. The molecule has 3 rings (SSSR count). The molecule has 5 nitrogen and oxygen atoms in total. The maximum Gasteiger partial charge on any atom is 0.288 e. The van der Waals surface area contributed by atoms with Gasteiger partial charge in [0.25, 0.3) is 5.91 Å². The van der Waals surface area contributed by atoms with E-state index in [2.05, 4.69) is 10.6 Å². The second-order valence-corrected chi connectivity index (χ2v) is 5.57. The maximum atomic E-state index is 12.9. The summed E-state index contributed by atoms with van der Waals surface area (Å²) < 4.78 is 5.10. The summed E-state index contributed by atoms with van der Waals surface area (Å²) in [7, 11) is 0. The van der Waals surface area contributed by atoms with E-state index in [-0.39, 0.29) is 11.5 Å². The van der Waals surface area contributed by atoms with Crippen LogP contribution < -0.4 is 10.6 Å². The number of aryl methyl sites for hydroxylation is 1. The third-order valence-electron chi connectivity index (χ3n) is 3.79. The second kappa shape index (κ2) is 7.49. The molecule has 1 heterocycles. The normalized spacial score (nSPS) is 11.6. The van der Waals surface area contributed by atoms with Gasteiger partial charge < -0.3 is 15.1 Å². The number of para-hydroxylation sites is 1. The van der Waals surface area contributed by atoms with Crippen molar-refractivity contribution in [2.75, 3.05) is 5.32 Å². The van der Waals surface area contributed by atoms with Gasteiger partial charge in [-0.15, -0.1) is 0 Å². The van der Waals surface area contributed by atoms with Crippen LogP contribution in [-0.4, -0.2) is 17.9 Å². The van der Waals surface area contributed by atoms with Gasteiger partial charge in [0.1, 0.15) is 0 Å². The first kappa shape index (κ1) is 16.5. The number of carbonyl (C=O) groups excluding carboxylic acids is 2. The fraction of sp³-hybridized carbons (Fsp3) is 0.100. The Morgan fingerprint density at radius 1 is 0.920 bits per heavy atom. The van der Waals surface area contributed by atoms with Gasteiger partial charge in [-0.25, -0.2) is 0 Å². The van der Waals surface area contributed by atoms with E-state index in [4.69, 9.17) is 4.42 Å². The molecule has 1 amide bonds. The van der Waals surface area contributed by atoms with Gasteiger partial charge >= 0.3 is 0 Å². The lowest BCUT2D eigenvalue weighted by atomic mass is 10.1. The Labute approximate surface area is 145 Å². The molecule has 0 saturated heterocycles. The lowest BCUT2D eigenvalue weighted by Crippen LogP contribution is -2.46. The Balaban J connectivity index is 1.86. The Hall–Kier alpha value is -3.34. The van der Waals surface area contributed by atoms with Crippen LogP contribution >= 0.6 is 0 Å². The first-order valence-corrected chi connectivity index (χ1v) is 7.91. The summed E-state index contributed by atoms with van der Waals surface area (Å²) in [6.07, 6.45) is 0.499. The van der Waals surface area contributed by atoms with Crippen molar-refractivity contribution in [3.63, 3.8) is 0 Å². The van der Waals surface area contributed by atoms with E-state index >= 15 is 0 Å². The Kier molecular flexibility index (Phi) is 4.95. The van der Waals surface area contributed by atoms with Gasteiger partial charge in [0.2, 0.25) is 5.78 Å². The van der Waals surface area contributed by atoms with E-state index in [0.29, 0.717) is 5.56 Å². The SMILES string of the molecule is Cc1ccccc1NC(NC(=O)c1ccco1)C(=O)c1ccccc1. The molecule has 2 aromatic carbocycles. The van der Waals surface area contributed by atoms with Crippen molar-refractivity contribution >= 4 is 17.4 Å². The standard InChI is InChI=1S/C20H18N2O3/c1-14-8-5-6-11-16(14)21-19(18(23)15-9-3-2-4-10-15)22-20(24)17-12-7-13-25-17/h2-13,19,21H,1H3,(H,22,24). The van der Waals surface area contributed by atoms with Crippen molar-refractivity contribution in [1.29, 1.82) is 0 Å². The van der Waals surface area contributed by atoms with Gasteiger partial charge in [-0.05, 0) is 30.7 Å². The molecule has 1 atom stereocenters. The van der Waals surface area contributed by atoms with E-state index in [1.807, 2.05) is 37.3 Å². The molecule has 5 heteroatoms. The third-order valence-corrected chi connectivity index (χ3v) is 3.79. The predicted molar refractivity (Wildman–Crippen MR) is 95.5 cm³/mol. The van der Waals surface area contributed by atoms with E-state index in [1.54, 1.807) is 36.4 Å². The molecule has 25 heavy (non-hydrogen) atoms.